The zero-order valence-electron chi connectivity index (χ0n) is 11.0. The lowest BCUT2D eigenvalue weighted by Crippen LogP contribution is -2.11. The summed E-state index contributed by atoms with van der Waals surface area (Å²) in [5.41, 5.74) is 2.72. The van der Waals surface area contributed by atoms with Gasteiger partial charge in [-0.1, -0.05) is 12.1 Å². The summed E-state index contributed by atoms with van der Waals surface area (Å²) < 4.78 is 0. The molecule has 20 heavy (non-hydrogen) atoms. The maximum Gasteiger partial charge on any atom is 0.167 e. The minimum atomic E-state index is 0.703. The predicted octanol–water partition coefficient (Wildman–Crippen LogP) is 2.50. The molecule has 0 atom stereocenters. The van der Waals surface area contributed by atoms with Gasteiger partial charge >= 0.3 is 0 Å². The number of rotatable bonds is 3. The highest BCUT2D eigenvalue weighted by molar-refractivity contribution is 5.80. The second kappa shape index (κ2) is 5.44. The summed E-state index contributed by atoms with van der Waals surface area (Å²) in [6.07, 6.45) is 6.94. The van der Waals surface area contributed by atoms with Gasteiger partial charge in [0.1, 0.15) is 0 Å². The van der Waals surface area contributed by atoms with Crippen molar-refractivity contribution >= 4 is 23.1 Å². The van der Waals surface area contributed by atoms with Crippen LogP contribution in [0, 0.1) is 0 Å². The Kier molecular flexibility index (Phi) is 3.33. The summed E-state index contributed by atoms with van der Waals surface area (Å²) in [6, 6.07) is 11.6. The van der Waals surface area contributed by atoms with Crippen LogP contribution in [0.25, 0.3) is 11.0 Å². The van der Waals surface area contributed by atoms with Gasteiger partial charge in [0.25, 0.3) is 0 Å². The van der Waals surface area contributed by atoms with E-state index in [0.717, 1.165) is 16.6 Å². The minimum Gasteiger partial charge on any atom is -0.265 e. The predicted molar refractivity (Wildman–Crippen MR) is 79.8 cm³/mol. The molecule has 2 aromatic heterocycles. The first-order valence-electron chi connectivity index (χ1n) is 6.22. The monoisotopic (exact) mass is 263 g/mol. The molecule has 0 fully saturated rings. The molecule has 0 aliphatic carbocycles. The van der Waals surface area contributed by atoms with Gasteiger partial charge in [-0.25, -0.2) is 9.99 Å². The molecule has 0 saturated heterocycles. The van der Waals surface area contributed by atoms with Crippen LogP contribution in [0.3, 0.4) is 0 Å². The van der Waals surface area contributed by atoms with Crippen molar-refractivity contribution in [3.63, 3.8) is 0 Å². The van der Waals surface area contributed by atoms with E-state index in [4.69, 9.17) is 0 Å². The van der Waals surface area contributed by atoms with Crippen LogP contribution in [-0.4, -0.2) is 28.2 Å². The normalized spacial score (nSPS) is 11.1. The van der Waals surface area contributed by atoms with Crippen LogP contribution in [0.4, 0.5) is 5.82 Å². The number of para-hydroxylation sites is 2. The van der Waals surface area contributed by atoms with Crippen molar-refractivity contribution in [1.82, 2.24) is 15.0 Å². The molecule has 0 bridgehead atoms. The fraction of sp³-hybridized carbons (Fsp3) is 0.0667. The maximum absolute atomic E-state index is 4.52. The topological polar surface area (TPSA) is 54.3 Å². The zero-order chi connectivity index (χ0) is 13.8. The Morgan fingerprint density at radius 2 is 1.80 bits per heavy atom. The number of hydrogen-bond acceptors (Lipinski definition) is 5. The molecular weight excluding hydrogens is 250 g/mol. The van der Waals surface area contributed by atoms with Gasteiger partial charge < -0.3 is 0 Å². The fourth-order valence-corrected chi connectivity index (χ4v) is 1.77. The van der Waals surface area contributed by atoms with Gasteiger partial charge in [-0.2, -0.15) is 5.10 Å². The van der Waals surface area contributed by atoms with E-state index in [0.29, 0.717) is 5.82 Å². The highest BCUT2D eigenvalue weighted by atomic mass is 15.5. The second-order valence-corrected chi connectivity index (χ2v) is 4.27. The number of hydrogen-bond donors (Lipinski definition) is 0. The molecule has 0 spiro atoms. The smallest absolute Gasteiger partial charge is 0.167 e. The molecule has 3 aromatic rings. The Bertz CT molecular complexity index is 739. The highest BCUT2D eigenvalue weighted by Crippen LogP contribution is 2.14. The van der Waals surface area contributed by atoms with Gasteiger partial charge in [-0.3, -0.25) is 9.97 Å². The van der Waals surface area contributed by atoms with Crippen LogP contribution < -0.4 is 5.01 Å². The molecule has 0 aliphatic rings. The number of benzene rings is 1. The summed E-state index contributed by atoms with van der Waals surface area (Å²) in [5.74, 6) is 0.703. The van der Waals surface area contributed by atoms with Gasteiger partial charge in [-0.05, 0) is 29.8 Å². The van der Waals surface area contributed by atoms with Gasteiger partial charge in [0, 0.05) is 19.4 Å². The van der Waals surface area contributed by atoms with Crippen LogP contribution in [-0.2, 0) is 0 Å². The number of aromatic nitrogens is 3. The average molecular weight is 263 g/mol. The second-order valence-electron chi connectivity index (χ2n) is 4.27. The lowest BCUT2D eigenvalue weighted by Gasteiger charge is -2.11. The first kappa shape index (κ1) is 12.2. The summed E-state index contributed by atoms with van der Waals surface area (Å²) in [6.45, 7) is 0. The Morgan fingerprint density at radius 1 is 1.05 bits per heavy atom. The number of nitrogens with zero attached hydrogens (tertiary/aromatic N) is 5. The van der Waals surface area contributed by atoms with E-state index in [1.165, 1.54) is 0 Å². The highest BCUT2D eigenvalue weighted by Gasteiger charge is 2.02. The van der Waals surface area contributed by atoms with Crippen molar-refractivity contribution < 1.29 is 0 Å². The summed E-state index contributed by atoms with van der Waals surface area (Å²) in [4.78, 5) is 12.9. The van der Waals surface area contributed by atoms with Crippen molar-refractivity contribution in [3.8, 4) is 0 Å². The Labute approximate surface area is 116 Å². The Hall–Kier alpha value is -2.82. The largest absolute Gasteiger partial charge is 0.265 e. The fourth-order valence-electron chi connectivity index (χ4n) is 1.77. The molecule has 0 amide bonds. The number of anilines is 1. The molecular formula is C15H13N5. The Balaban J connectivity index is 1.85. The number of pyridine rings is 1. The zero-order valence-corrected chi connectivity index (χ0v) is 11.0. The molecule has 98 valence electrons. The summed E-state index contributed by atoms with van der Waals surface area (Å²) >= 11 is 0. The van der Waals surface area contributed by atoms with Gasteiger partial charge in [0.2, 0.25) is 0 Å². The Morgan fingerprint density at radius 3 is 2.60 bits per heavy atom. The van der Waals surface area contributed by atoms with Crippen LogP contribution in [0.15, 0.2) is 60.1 Å². The average Bonchev–Trinajstić information content (AvgIpc) is 2.53. The van der Waals surface area contributed by atoms with Gasteiger partial charge in [0.15, 0.2) is 5.82 Å². The molecule has 0 saturated carbocycles. The van der Waals surface area contributed by atoms with E-state index < -0.39 is 0 Å². The van der Waals surface area contributed by atoms with Crippen LogP contribution in [0.2, 0.25) is 0 Å². The van der Waals surface area contributed by atoms with E-state index in [1.54, 1.807) is 29.8 Å². The lowest BCUT2D eigenvalue weighted by atomic mass is 10.3. The molecule has 1 aromatic carbocycles. The van der Waals surface area contributed by atoms with Crippen LogP contribution in [0.1, 0.15) is 5.56 Å². The molecule has 2 heterocycles. The van der Waals surface area contributed by atoms with E-state index in [2.05, 4.69) is 20.1 Å². The SMILES string of the molecule is CN(/N=C\c1ccncc1)c1cnc2ccccc2n1. The third kappa shape index (κ3) is 2.61. The first-order valence-corrected chi connectivity index (χ1v) is 6.22. The molecule has 5 heteroatoms. The van der Waals surface area contributed by atoms with Crippen molar-refractivity contribution in [2.24, 2.45) is 5.10 Å². The lowest BCUT2D eigenvalue weighted by molar-refractivity contribution is 0.981. The van der Waals surface area contributed by atoms with E-state index in [9.17, 15) is 0 Å². The van der Waals surface area contributed by atoms with Crippen molar-refractivity contribution in [3.05, 3.63) is 60.6 Å². The molecule has 0 aliphatic heterocycles. The number of hydrazone groups is 1. The van der Waals surface area contributed by atoms with Crippen LogP contribution in [0.5, 0.6) is 0 Å². The molecule has 0 unspecified atom stereocenters. The summed E-state index contributed by atoms with van der Waals surface area (Å²) in [5, 5.41) is 6.04. The number of fused-ring (bicyclic) bond motifs is 1. The summed E-state index contributed by atoms with van der Waals surface area (Å²) in [7, 11) is 1.84. The van der Waals surface area contributed by atoms with E-state index in [1.807, 2.05) is 43.4 Å². The van der Waals surface area contributed by atoms with Crippen molar-refractivity contribution in [1.29, 1.82) is 0 Å². The molecule has 0 radical (unpaired) electrons. The first-order chi connectivity index (χ1) is 9.83. The molecule has 3 rings (SSSR count). The van der Waals surface area contributed by atoms with Crippen LogP contribution >= 0.6 is 0 Å². The third-order valence-electron chi connectivity index (χ3n) is 2.85. The maximum atomic E-state index is 4.52. The molecule has 5 nitrogen and oxygen atoms in total. The van der Waals surface area contributed by atoms with Crippen molar-refractivity contribution in [2.45, 2.75) is 0 Å². The molecule has 0 N–H and O–H groups in total. The van der Waals surface area contributed by atoms with E-state index in [-0.39, 0.29) is 0 Å². The van der Waals surface area contributed by atoms with Crippen molar-refractivity contribution in [2.75, 3.05) is 12.1 Å². The van der Waals surface area contributed by atoms with E-state index >= 15 is 0 Å². The third-order valence-corrected chi connectivity index (χ3v) is 2.85. The quantitative estimate of drug-likeness (QED) is 0.538. The van der Waals surface area contributed by atoms with Gasteiger partial charge in [-0.15, -0.1) is 0 Å². The standard InChI is InChI=1S/C15H13N5/c1-20(18-10-12-6-8-16-9-7-12)15-11-17-13-4-2-3-5-14(13)19-15/h2-11H,1H3/b18-10-. The minimum absolute atomic E-state index is 0.703. The van der Waals surface area contributed by atoms with Gasteiger partial charge in [0.05, 0.1) is 23.4 Å².